The maximum absolute atomic E-state index is 11.8. The maximum atomic E-state index is 11.8. The van der Waals surface area contributed by atoms with Gasteiger partial charge in [0.2, 0.25) is 0 Å². The van der Waals surface area contributed by atoms with Crippen molar-refractivity contribution in [2.75, 3.05) is 31.9 Å². The largest absolute Gasteiger partial charge is 0.317 e. The van der Waals surface area contributed by atoms with Gasteiger partial charge in [-0.1, -0.05) is 6.92 Å². The molecule has 0 aromatic carbocycles. The molecule has 0 aromatic heterocycles. The van der Waals surface area contributed by atoms with E-state index in [-0.39, 0.29) is 5.25 Å². The Morgan fingerprint density at radius 2 is 1.88 bits per heavy atom. The van der Waals surface area contributed by atoms with E-state index < -0.39 is 9.84 Å². The average molecular weight is 262 g/mol. The quantitative estimate of drug-likeness (QED) is 0.772. The smallest absolute Gasteiger partial charge is 0.153 e. The molecule has 0 aromatic rings. The van der Waals surface area contributed by atoms with Gasteiger partial charge in [0.15, 0.2) is 9.84 Å². The third-order valence-corrected chi connectivity index (χ3v) is 5.80. The van der Waals surface area contributed by atoms with Crippen LogP contribution in [0, 0.1) is 0 Å². The van der Waals surface area contributed by atoms with E-state index in [0.29, 0.717) is 18.3 Å². The van der Waals surface area contributed by atoms with Gasteiger partial charge in [-0.15, -0.1) is 0 Å². The van der Waals surface area contributed by atoms with Gasteiger partial charge in [-0.25, -0.2) is 8.42 Å². The van der Waals surface area contributed by atoms with E-state index in [1.807, 2.05) is 0 Å². The van der Waals surface area contributed by atoms with E-state index in [2.05, 4.69) is 17.1 Å². The predicted octanol–water partition coefficient (Wildman–Crippen LogP) is 0.884. The number of nitrogens with one attached hydrogen (secondary N) is 1. The lowest BCUT2D eigenvalue weighted by atomic mass is 10.1. The molecule has 0 radical (unpaired) electrons. The van der Waals surface area contributed by atoms with Crippen LogP contribution in [0.4, 0.5) is 0 Å². The first-order valence-electron chi connectivity index (χ1n) is 6.63. The topological polar surface area (TPSA) is 49.4 Å². The zero-order chi connectivity index (χ0) is 12.9. The third-order valence-electron chi connectivity index (χ3n) is 3.61. The Morgan fingerprint density at radius 3 is 2.35 bits per heavy atom. The molecule has 17 heavy (non-hydrogen) atoms. The first kappa shape index (κ1) is 14.9. The summed E-state index contributed by atoms with van der Waals surface area (Å²) in [4.78, 5) is 2.32. The minimum absolute atomic E-state index is 0.255. The Kier molecular flexibility index (Phi) is 5.89. The molecule has 1 aliphatic rings. The van der Waals surface area contributed by atoms with Crippen LogP contribution in [-0.2, 0) is 9.84 Å². The van der Waals surface area contributed by atoms with Crippen molar-refractivity contribution in [1.82, 2.24) is 10.2 Å². The highest BCUT2D eigenvalue weighted by Crippen LogP contribution is 2.12. The van der Waals surface area contributed by atoms with Crippen LogP contribution in [0.25, 0.3) is 0 Å². The Labute approximate surface area is 106 Å². The molecule has 5 heteroatoms. The lowest BCUT2D eigenvalue weighted by molar-refractivity contribution is 0.179. The van der Waals surface area contributed by atoms with Crippen molar-refractivity contribution in [2.24, 2.45) is 0 Å². The minimum atomic E-state index is -2.90. The molecular weight excluding hydrogens is 236 g/mol. The van der Waals surface area contributed by atoms with Gasteiger partial charge < -0.3 is 5.32 Å². The Hall–Kier alpha value is -0.130. The van der Waals surface area contributed by atoms with Crippen molar-refractivity contribution in [3.63, 3.8) is 0 Å². The minimum Gasteiger partial charge on any atom is -0.317 e. The molecule has 1 heterocycles. The summed E-state index contributed by atoms with van der Waals surface area (Å²) >= 11 is 0. The average Bonchev–Trinajstić information content (AvgIpc) is 2.31. The van der Waals surface area contributed by atoms with Crippen molar-refractivity contribution in [3.05, 3.63) is 0 Å². The molecule has 0 amide bonds. The molecule has 102 valence electrons. The molecule has 0 unspecified atom stereocenters. The monoisotopic (exact) mass is 262 g/mol. The van der Waals surface area contributed by atoms with Gasteiger partial charge in [-0.05, 0) is 46.3 Å². The predicted molar refractivity (Wildman–Crippen MR) is 72.1 cm³/mol. The standard InChI is InChI=1S/C12H26N2O2S/c1-4-14(12-5-7-13-8-6-12)9-10-17(15,16)11(2)3/h11-13H,4-10H2,1-3H3. The Morgan fingerprint density at radius 1 is 1.29 bits per heavy atom. The summed E-state index contributed by atoms with van der Waals surface area (Å²) in [5.74, 6) is 0.294. The number of rotatable bonds is 6. The highest BCUT2D eigenvalue weighted by Gasteiger charge is 2.22. The number of nitrogens with zero attached hydrogens (tertiary/aromatic N) is 1. The second kappa shape index (κ2) is 6.71. The molecule has 0 spiro atoms. The van der Waals surface area contributed by atoms with Crippen molar-refractivity contribution >= 4 is 9.84 Å². The molecule has 0 bridgehead atoms. The highest BCUT2D eigenvalue weighted by molar-refractivity contribution is 7.92. The van der Waals surface area contributed by atoms with Gasteiger partial charge >= 0.3 is 0 Å². The summed E-state index contributed by atoms with van der Waals surface area (Å²) in [5.41, 5.74) is 0. The summed E-state index contributed by atoms with van der Waals surface area (Å²) in [6.07, 6.45) is 2.27. The summed E-state index contributed by atoms with van der Waals surface area (Å²) < 4.78 is 23.6. The van der Waals surface area contributed by atoms with Crippen LogP contribution in [-0.4, -0.2) is 56.5 Å². The van der Waals surface area contributed by atoms with Gasteiger partial charge in [0.25, 0.3) is 0 Å². The highest BCUT2D eigenvalue weighted by atomic mass is 32.2. The first-order chi connectivity index (χ1) is 7.97. The second-order valence-electron chi connectivity index (χ2n) is 5.03. The van der Waals surface area contributed by atoms with Crippen LogP contribution < -0.4 is 5.32 Å². The van der Waals surface area contributed by atoms with Crippen LogP contribution in [0.15, 0.2) is 0 Å². The fourth-order valence-corrected chi connectivity index (χ4v) is 3.21. The maximum Gasteiger partial charge on any atom is 0.153 e. The van der Waals surface area contributed by atoms with Gasteiger partial charge in [-0.2, -0.15) is 0 Å². The lowest BCUT2D eigenvalue weighted by Gasteiger charge is -2.33. The van der Waals surface area contributed by atoms with E-state index >= 15 is 0 Å². The second-order valence-corrected chi connectivity index (χ2v) is 7.70. The van der Waals surface area contributed by atoms with Gasteiger partial charge in [-0.3, -0.25) is 4.90 Å². The summed E-state index contributed by atoms with van der Waals surface area (Å²) in [6, 6.07) is 0.559. The zero-order valence-electron chi connectivity index (χ0n) is 11.3. The van der Waals surface area contributed by atoms with Crippen LogP contribution >= 0.6 is 0 Å². The molecule has 0 atom stereocenters. The van der Waals surface area contributed by atoms with Crippen molar-refractivity contribution in [3.8, 4) is 0 Å². The van der Waals surface area contributed by atoms with Gasteiger partial charge in [0, 0.05) is 12.6 Å². The van der Waals surface area contributed by atoms with Gasteiger partial charge in [0.05, 0.1) is 11.0 Å². The number of piperidine rings is 1. The van der Waals surface area contributed by atoms with Crippen molar-refractivity contribution < 1.29 is 8.42 Å². The van der Waals surface area contributed by atoms with Crippen LogP contribution in [0.1, 0.15) is 33.6 Å². The molecule has 1 N–H and O–H groups in total. The molecule has 1 fully saturated rings. The van der Waals surface area contributed by atoms with Crippen LogP contribution in [0.5, 0.6) is 0 Å². The molecule has 4 nitrogen and oxygen atoms in total. The zero-order valence-corrected chi connectivity index (χ0v) is 12.1. The fourth-order valence-electron chi connectivity index (χ4n) is 2.25. The van der Waals surface area contributed by atoms with E-state index in [9.17, 15) is 8.42 Å². The van der Waals surface area contributed by atoms with E-state index in [1.165, 1.54) is 0 Å². The number of hydrogen-bond donors (Lipinski definition) is 1. The van der Waals surface area contributed by atoms with E-state index in [0.717, 1.165) is 32.5 Å². The number of hydrogen-bond acceptors (Lipinski definition) is 4. The SMILES string of the molecule is CCN(CCS(=O)(=O)C(C)C)C1CCNCC1. The van der Waals surface area contributed by atoms with E-state index in [4.69, 9.17) is 0 Å². The summed E-state index contributed by atoms with van der Waals surface area (Å²) in [6.45, 7) is 9.37. The molecule has 0 saturated carbocycles. The molecule has 1 saturated heterocycles. The molecular formula is C12H26N2O2S. The summed E-state index contributed by atoms with van der Waals surface area (Å²) in [5, 5.41) is 3.08. The van der Waals surface area contributed by atoms with Crippen LogP contribution in [0.2, 0.25) is 0 Å². The lowest BCUT2D eigenvalue weighted by Crippen LogP contribution is -2.45. The fraction of sp³-hybridized carbons (Fsp3) is 1.00. The normalized spacial score (nSPS) is 19.1. The Bertz CT molecular complexity index is 308. The van der Waals surface area contributed by atoms with Crippen molar-refractivity contribution in [1.29, 1.82) is 0 Å². The van der Waals surface area contributed by atoms with Gasteiger partial charge in [0.1, 0.15) is 0 Å². The molecule has 0 aliphatic carbocycles. The summed E-state index contributed by atoms with van der Waals surface area (Å²) in [7, 11) is -2.90. The van der Waals surface area contributed by atoms with E-state index in [1.54, 1.807) is 13.8 Å². The van der Waals surface area contributed by atoms with Crippen molar-refractivity contribution in [2.45, 2.75) is 44.9 Å². The van der Waals surface area contributed by atoms with Crippen LogP contribution in [0.3, 0.4) is 0 Å². The number of sulfone groups is 1. The Balaban J connectivity index is 2.47. The molecule has 1 aliphatic heterocycles. The third kappa shape index (κ3) is 4.56. The first-order valence-corrected chi connectivity index (χ1v) is 8.35. The molecule has 1 rings (SSSR count).